The molecule has 0 radical (unpaired) electrons. The lowest BCUT2D eigenvalue weighted by Crippen LogP contribution is -2.49. The summed E-state index contributed by atoms with van der Waals surface area (Å²) >= 11 is 0. The van der Waals surface area contributed by atoms with Crippen LogP contribution in [0.5, 0.6) is 0 Å². The normalized spacial score (nSPS) is 31.9. The molecule has 1 heterocycles. The van der Waals surface area contributed by atoms with Crippen molar-refractivity contribution in [1.29, 1.82) is 0 Å². The molecule has 0 bridgehead atoms. The zero-order chi connectivity index (χ0) is 16.4. The second-order valence-corrected chi connectivity index (χ2v) is 7.78. The van der Waals surface area contributed by atoms with Crippen LogP contribution in [0.15, 0.2) is 29.8 Å². The molecule has 1 fully saturated rings. The molecule has 0 N–H and O–H groups in total. The van der Waals surface area contributed by atoms with E-state index < -0.39 is 0 Å². The van der Waals surface area contributed by atoms with Gasteiger partial charge in [-0.1, -0.05) is 37.6 Å². The first kappa shape index (κ1) is 14.7. The van der Waals surface area contributed by atoms with Crippen LogP contribution < -0.4 is 0 Å². The molecule has 0 amide bonds. The van der Waals surface area contributed by atoms with Crippen molar-refractivity contribution in [2.24, 2.45) is 17.8 Å². The zero-order valence-electron chi connectivity index (χ0n) is 13.9. The Labute approximate surface area is 136 Å². The Morgan fingerprint density at radius 1 is 1.04 bits per heavy atom. The van der Waals surface area contributed by atoms with Crippen LogP contribution >= 0.6 is 0 Å². The molecule has 3 heteroatoms. The van der Waals surface area contributed by atoms with E-state index in [-0.39, 0.29) is 23.1 Å². The first-order chi connectivity index (χ1) is 10.9. The number of allylic oxidation sites excluding steroid dienone is 1. The molecule has 3 aliphatic rings. The van der Waals surface area contributed by atoms with Crippen LogP contribution in [0.4, 0.5) is 0 Å². The number of benzene rings is 1. The molecule has 0 unspecified atom stereocenters. The summed E-state index contributed by atoms with van der Waals surface area (Å²) < 4.78 is 6.33. The Morgan fingerprint density at radius 3 is 2.48 bits per heavy atom. The Kier molecular flexibility index (Phi) is 3.06. The fourth-order valence-corrected chi connectivity index (χ4v) is 4.69. The summed E-state index contributed by atoms with van der Waals surface area (Å²) in [4.78, 5) is 25.4. The number of fused-ring (bicyclic) bond motifs is 4. The summed E-state index contributed by atoms with van der Waals surface area (Å²) in [6.45, 7) is 6.48. The number of ketones is 2. The molecule has 1 aliphatic heterocycles. The van der Waals surface area contributed by atoms with Crippen LogP contribution in [0.25, 0.3) is 5.76 Å². The van der Waals surface area contributed by atoms with Gasteiger partial charge in [-0.3, -0.25) is 9.59 Å². The quantitative estimate of drug-likeness (QED) is 0.680. The zero-order valence-corrected chi connectivity index (χ0v) is 13.9. The SMILES string of the molecule is C[C@@H]1CC[C@@H]2[C@@H](C1)C1=C(OC2(C)C)c2ccccc2C(=O)C1=O. The average Bonchev–Trinajstić information content (AvgIpc) is 2.51. The Hall–Kier alpha value is -1.90. The molecule has 2 aliphatic carbocycles. The standard InChI is InChI=1S/C20H22O3/c1-11-8-9-15-14(10-11)16-18(22)17(21)12-6-4-5-7-13(12)19(16)23-20(15,2)3/h4-7,11,14-15H,8-10H2,1-3H3/t11-,14-,15-/m1/s1. The highest BCUT2D eigenvalue weighted by molar-refractivity contribution is 6.52. The van der Waals surface area contributed by atoms with Gasteiger partial charge >= 0.3 is 0 Å². The molecule has 3 nitrogen and oxygen atoms in total. The first-order valence-electron chi connectivity index (χ1n) is 8.51. The van der Waals surface area contributed by atoms with Crippen LogP contribution in [-0.4, -0.2) is 17.2 Å². The minimum absolute atomic E-state index is 0.141. The number of Topliss-reactive ketones (excluding diaryl/α,β-unsaturated/α-hetero) is 2. The molecular formula is C20H22O3. The highest BCUT2D eigenvalue weighted by atomic mass is 16.5. The first-order valence-corrected chi connectivity index (χ1v) is 8.51. The summed E-state index contributed by atoms with van der Waals surface area (Å²) in [6.07, 6.45) is 3.19. The smallest absolute Gasteiger partial charge is 0.234 e. The minimum atomic E-state index is -0.375. The van der Waals surface area contributed by atoms with Crippen LogP contribution in [0, 0.1) is 17.8 Å². The topological polar surface area (TPSA) is 43.4 Å². The van der Waals surface area contributed by atoms with Gasteiger partial charge in [0.05, 0.1) is 0 Å². The van der Waals surface area contributed by atoms with E-state index in [1.54, 1.807) is 12.1 Å². The monoisotopic (exact) mass is 310 g/mol. The maximum Gasteiger partial charge on any atom is 0.234 e. The van der Waals surface area contributed by atoms with Crippen LogP contribution in [0.3, 0.4) is 0 Å². The van der Waals surface area contributed by atoms with Gasteiger partial charge in [-0.15, -0.1) is 0 Å². The van der Waals surface area contributed by atoms with Crippen molar-refractivity contribution in [1.82, 2.24) is 0 Å². The van der Waals surface area contributed by atoms with E-state index in [4.69, 9.17) is 4.74 Å². The third kappa shape index (κ3) is 2.02. The van der Waals surface area contributed by atoms with Crippen LogP contribution in [0.2, 0.25) is 0 Å². The van der Waals surface area contributed by atoms with E-state index >= 15 is 0 Å². The summed E-state index contributed by atoms with van der Waals surface area (Å²) in [7, 11) is 0. The van der Waals surface area contributed by atoms with Gasteiger partial charge < -0.3 is 4.74 Å². The molecule has 0 saturated heterocycles. The van der Waals surface area contributed by atoms with Gasteiger partial charge in [0.15, 0.2) is 0 Å². The predicted molar refractivity (Wildman–Crippen MR) is 87.9 cm³/mol. The number of hydrogen-bond acceptors (Lipinski definition) is 3. The van der Waals surface area contributed by atoms with E-state index in [1.165, 1.54) is 0 Å². The number of ether oxygens (including phenoxy) is 1. The molecule has 1 saturated carbocycles. The molecule has 4 rings (SSSR count). The van der Waals surface area contributed by atoms with Crippen molar-refractivity contribution >= 4 is 17.3 Å². The molecule has 3 atom stereocenters. The van der Waals surface area contributed by atoms with Crippen LogP contribution in [-0.2, 0) is 9.53 Å². The third-order valence-corrected chi connectivity index (χ3v) is 5.85. The number of rotatable bonds is 0. The second kappa shape index (κ2) is 4.80. The average molecular weight is 310 g/mol. The molecule has 0 aromatic heterocycles. The van der Waals surface area contributed by atoms with Crippen molar-refractivity contribution in [2.75, 3.05) is 0 Å². The fourth-order valence-electron chi connectivity index (χ4n) is 4.69. The molecule has 0 spiro atoms. The van der Waals surface area contributed by atoms with Crippen molar-refractivity contribution < 1.29 is 14.3 Å². The highest BCUT2D eigenvalue weighted by Gasteiger charge is 2.51. The van der Waals surface area contributed by atoms with Gasteiger partial charge in [0.1, 0.15) is 11.4 Å². The lowest BCUT2D eigenvalue weighted by Gasteiger charge is -2.50. The Bertz CT molecular complexity index is 741. The van der Waals surface area contributed by atoms with Gasteiger partial charge in [-0.25, -0.2) is 0 Å². The van der Waals surface area contributed by atoms with Gasteiger partial charge in [-0.05, 0) is 38.5 Å². The molecule has 120 valence electrons. The number of carbonyl (C=O) groups is 2. The van der Waals surface area contributed by atoms with Gasteiger partial charge in [0.25, 0.3) is 0 Å². The van der Waals surface area contributed by atoms with Crippen LogP contribution in [0.1, 0.15) is 56.0 Å². The van der Waals surface area contributed by atoms with E-state index in [2.05, 4.69) is 20.8 Å². The molecule has 23 heavy (non-hydrogen) atoms. The van der Waals surface area contributed by atoms with E-state index in [9.17, 15) is 9.59 Å². The maximum atomic E-state index is 12.8. The lowest BCUT2D eigenvalue weighted by molar-refractivity contribution is -0.115. The largest absolute Gasteiger partial charge is 0.486 e. The lowest BCUT2D eigenvalue weighted by atomic mass is 9.62. The predicted octanol–water partition coefficient (Wildman–Crippen LogP) is 4.02. The van der Waals surface area contributed by atoms with E-state index in [1.807, 2.05) is 12.1 Å². The van der Waals surface area contributed by atoms with Gasteiger partial charge in [-0.2, -0.15) is 0 Å². The summed E-state index contributed by atoms with van der Waals surface area (Å²) in [6, 6.07) is 7.33. The minimum Gasteiger partial charge on any atom is -0.486 e. The van der Waals surface area contributed by atoms with E-state index in [0.717, 1.165) is 24.8 Å². The van der Waals surface area contributed by atoms with Crippen molar-refractivity contribution in [2.45, 2.75) is 45.6 Å². The summed E-state index contributed by atoms with van der Waals surface area (Å²) in [5.41, 5.74) is 1.60. The Morgan fingerprint density at radius 2 is 1.74 bits per heavy atom. The number of carbonyl (C=O) groups excluding carboxylic acids is 2. The summed E-state index contributed by atoms with van der Waals surface area (Å²) in [5.74, 6) is 0.962. The molecule has 1 aromatic rings. The number of hydrogen-bond donors (Lipinski definition) is 0. The third-order valence-electron chi connectivity index (χ3n) is 5.85. The fraction of sp³-hybridized carbons (Fsp3) is 0.500. The van der Waals surface area contributed by atoms with Crippen molar-refractivity contribution in [3.63, 3.8) is 0 Å². The highest BCUT2D eigenvalue weighted by Crippen LogP contribution is 2.53. The Balaban J connectivity index is 1.94. The van der Waals surface area contributed by atoms with Gasteiger partial charge in [0, 0.05) is 22.6 Å². The van der Waals surface area contributed by atoms with Crippen molar-refractivity contribution in [3.05, 3.63) is 41.0 Å². The van der Waals surface area contributed by atoms with Gasteiger partial charge in [0.2, 0.25) is 11.6 Å². The molecular weight excluding hydrogens is 288 g/mol. The van der Waals surface area contributed by atoms with Crippen molar-refractivity contribution in [3.8, 4) is 0 Å². The molecule has 1 aromatic carbocycles. The maximum absolute atomic E-state index is 12.8. The van der Waals surface area contributed by atoms with E-state index in [0.29, 0.717) is 28.7 Å². The second-order valence-electron chi connectivity index (χ2n) is 7.78. The summed E-state index contributed by atoms with van der Waals surface area (Å²) in [5, 5.41) is 0.